The SMILES string of the molecule is CN(Cc1nncn1C)CC1CCNCC1. The molecule has 0 atom stereocenters. The van der Waals surface area contributed by atoms with Gasteiger partial charge < -0.3 is 9.88 Å². The van der Waals surface area contributed by atoms with Crippen LogP contribution in [0.5, 0.6) is 0 Å². The monoisotopic (exact) mass is 223 g/mol. The molecule has 1 aromatic heterocycles. The summed E-state index contributed by atoms with van der Waals surface area (Å²) in [5.41, 5.74) is 0. The molecule has 0 saturated carbocycles. The third-order valence-electron chi connectivity index (χ3n) is 3.25. The molecule has 1 aromatic rings. The largest absolute Gasteiger partial charge is 0.320 e. The van der Waals surface area contributed by atoms with Gasteiger partial charge in [0.15, 0.2) is 0 Å². The number of piperidine rings is 1. The molecule has 1 N–H and O–H groups in total. The molecule has 1 saturated heterocycles. The van der Waals surface area contributed by atoms with Crippen LogP contribution < -0.4 is 5.32 Å². The van der Waals surface area contributed by atoms with Crippen LogP contribution in [-0.4, -0.2) is 46.3 Å². The Hall–Kier alpha value is -0.940. The summed E-state index contributed by atoms with van der Waals surface area (Å²) < 4.78 is 1.99. The van der Waals surface area contributed by atoms with E-state index in [1.807, 2.05) is 11.6 Å². The van der Waals surface area contributed by atoms with E-state index in [0.29, 0.717) is 0 Å². The zero-order valence-corrected chi connectivity index (χ0v) is 10.2. The lowest BCUT2D eigenvalue weighted by Gasteiger charge is -2.27. The molecule has 2 heterocycles. The molecule has 2 rings (SSSR count). The van der Waals surface area contributed by atoms with Crippen LogP contribution in [-0.2, 0) is 13.6 Å². The van der Waals surface area contributed by atoms with E-state index in [1.165, 1.54) is 25.9 Å². The molecule has 0 unspecified atom stereocenters. The summed E-state index contributed by atoms with van der Waals surface area (Å²) in [5, 5.41) is 11.4. The Morgan fingerprint density at radius 3 is 2.88 bits per heavy atom. The van der Waals surface area contributed by atoms with E-state index in [9.17, 15) is 0 Å². The first-order valence-electron chi connectivity index (χ1n) is 5.98. The summed E-state index contributed by atoms with van der Waals surface area (Å²) in [5.74, 6) is 1.87. The van der Waals surface area contributed by atoms with Gasteiger partial charge in [0.05, 0.1) is 6.54 Å². The number of rotatable bonds is 4. The van der Waals surface area contributed by atoms with Crippen LogP contribution in [0.2, 0.25) is 0 Å². The highest BCUT2D eigenvalue weighted by atomic mass is 15.3. The van der Waals surface area contributed by atoms with Crippen LogP contribution in [0.25, 0.3) is 0 Å². The van der Waals surface area contributed by atoms with Crippen molar-refractivity contribution in [2.45, 2.75) is 19.4 Å². The van der Waals surface area contributed by atoms with Crippen molar-refractivity contribution in [3.05, 3.63) is 12.2 Å². The van der Waals surface area contributed by atoms with E-state index < -0.39 is 0 Å². The van der Waals surface area contributed by atoms with Crippen molar-refractivity contribution in [1.29, 1.82) is 0 Å². The Balaban J connectivity index is 1.79. The predicted molar refractivity (Wildman–Crippen MR) is 62.9 cm³/mol. The predicted octanol–water partition coefficient (Wildman–Crippen LogP) is 0.246. The Morgan fingerprint density at radius 2 is 2.25 bits per heavy atom. The van der Waals surface area contributed by atoms with Crippen molar-refractivity contribution in [2.75, 3.05) is 26.7 Å². The van der Waals surface area contributed by atoms with E-state index >= 15 is 0 Å². The number of nitrogens with one attached hydrogen (secondary N) is 1. The van der Waals surface area contributed by atoms with Gasteiger partial charge in [-0.25, -0.2) is 0 Å². The second-order valence-corrected chi connectivity index (χ2v) is 4.75. The van der Waals surface area contributed by atoms with Gasteiger partial charge in [0.2, 0.25) is 0 Å². The van der Waals surface area contributed by atoms with Crippen LogP contribution in [0.3, 0.4) is 0 Å². The molecular weight excluding hydrogens is 202 g/mol. The third kappa shape index (κ3) is 3.02. The van der Waals surface area contributed by atoms with Crippen molar-refractivity contribution in [3.63, 3.8) is 0 Å². The Bertz CT molecular complexity index is 316. The minimum absolute atomic E-state index is 0.833. The van der Waals surface area contributed by atoms with E-state index in [-0.39, 0.29) is 0 Å². The third-order valence-corrected chi connectivity index (χ3v) is 3.25. The molecule has 0 aliphatic carbocycles. The van der Waals surface area contributed by atoms with E-state index in [1.54, 1.807) is 6.33 Å². The number of nitrogens with zero attached hydrogens (tertiary/aromatic N) is 4. The second-order valence-electron chi connectivity index (χ2n) is 4.75. The zero-order valence-electron chi connectivity index (χ0n) is 10.2. The summed E-state index contributed by atoms with van der Waals surface area (Å²) in [6.07, 6.45) is 4.35. The number of hydrogen-bond acceptors (Lipinski definition) is 4. The normalized spacial score (nSPS) is 18.2. The van der Waals surface area contributed by atoms with Crippen LogP contribution in [0.1, 0.15) is 18.7 Å². The van der Waals surface area contributed by atoms with E-state index in [0.717, 1.165) is 24.8 Å². The summed E-state index contributed by atoms with van der Waals surface area (Å²) in [6.45, 7) is 4.39. The molecular formula is C11H21N5. The lowest BCUT2D eigenvalue weighted by molar-refractivity contribution is 0.229. The molecule has 5 nitrogen and oxygen atoms in total. The van der Waals surface area contributed by atoms with Crippen LogP contribution >= 0.6 is 0 Å². The first kappa shape index (κ1) is 11.5. The molecule has 0 bridgehead atoms. The van der Waals surface area contributed by atoms with Gasteiger partial charge >= 0.3 is 0 Å². The Morgan fingerprint density at radius 1 is 1.50 bits per heavy atom. The number of hydrogen-bond donors (Lipinski definition) is 1. The smallest absolute Gasteiger partial charge is 0.146 e. The summed E-state index contributed by atoms with van der Waals surface area (Å²) in [7, 11) is 4.16. The molecule has 1 aliphatic rings. The minimum atomic E-state index is 0.833. The fourth-order valence-electron chi connectivity index (χ4n) is 2.26. The highest BCUT2D eigenvalue weighted by Crippen LogP contribution is 2.13. The van der Waals surface area contributed by atoms with Crippen LogP contribution in [0.4, 0.5) is 0 Å². The first-order chi connectivity index (χ1) is 7.75. The fraction of sp³-hybridized carbons (Fsp3) is 0.818. The molecule has 1 aliphatic heterocycles. The molecule has 0 spiro atoms. The highest BCUT2D eigenvalue weighted by Gasteiger charge is 2.15. The Labute approximate surface area is 96.8 Å². The minimum Gasteiger partial charge on any atom is -0.320 e. The van der Waals surface area contributed by atoms with Gasteiger partial charge in [-0.15, -0.1) is 10.2 Å². The van der Waals surface area contributed by atoms with Gasteiger partial charge in [-0.3, -0.25) is 4.90 Å². The number of aryl methyl sites for hydroxylation is 1. The van der Waals surface area contributed by atoms with Gasteiger partial charge in [0, 0.05) is 13.6 Å². The maximum absolute atomic E-state index is 4.11. The lowest BCUT2D eigenvalue weighted by Crippen LogP contribution is -2.34. The topological polar surface area (TPSA) is 46.0 Å². The summed E-state index contributed by atoms with van der Waals surface area (Å²) >= 11 is 0. The van der Waals surface area contributed by atoms with Crippen molar-refractivity contribution in [3.8, 4) is 0 Å². The Kier molecular flexibility index (Phi) is 3.90. The molecule has 1 fully saturated rings. The van der Waals surface area contributed by atoms with Crippen LogP contribution in [0.15, 0.2) is 6.33 Å². The van der Waals surface area contributed by atoms with Crippen molar-refractivity contribution in [1.82, 2.24) is 25.0 Å². The molecule has 5 heteroatoms. The van der Waals surface area contributed by atoms with E-state index in [4.69, 9.17) is 0 Å². The standard InChI is InChI=1S/C11H21N5/c1-15(7-10-3-5-12-6-4-10)8-11-14-13-9-16(11)2/h9-10,12H,3-8H2,1-2H3. The molecule has 0 amide bonds. The number of aromatic nitrogens is 3. The lowest BCUT2D eigenvalue weighted by atomic mass is 9.98. The fourth-order valence-corrected chi connectivity index (χ4v) is 2.26. The summed E-state index contributed by atoms with van der Waals surface area (Å²) in [4.78, 5) is 2.35. The zero-order chi connectivity index (χ0) is 11.4. The molecule has 90 valence electrons. The van der Waals surface area contributed by atoms with Gasteiger partial charge in [-0.1, -0.05) is 0 Å². The van der Waals surface area contributed by atoms with Crippen molar-refractivity contribution >= 4 is 0 Å². The average molecular weight is 223 g/mol. The van der Waals surface area contributed by atoms with Gasteiger partial charge in [-0.2, -0.15) is 0 Å². The average Bonchev–Trinajstić information content (AvgIpc) is 2.66. The van der Waals surface area contributed by atoms with Gasteiger partial charge in [0.1, 0.15) is 12.2 Å². The van der Waals surface area contributed by atoms with Crippen LogP contribution in [0, 0.1) is 5.92 Å². The van der Waals surface area contributed by atoms with Gasteiger partial charge in [-0.05, 0) is 38.9 Å². The summed E-state index contributed by atoms with van der Waals surface area (Å²) in [6, 6.07) is 0. The second kappa shape index (κ2) is 5.41. The first-order valence-corrected chi connectivity index (χ1v) is 5.98. The van der Waals surface area contributed by atoms with Gasteiger partial charge in [0.25, 0.3) is 0 Å². The maximum atomic E-state index is 4.11. The quantitative estimate of drug-likeness (QED) is 0.794. The molecule has 16 heavy (non-hydrogen) atoms. The highest BCUT2D eigenvalue weighted by molar-refractivity contribution is 4.84. The molecule has 0 radical (unpaired) electrons. The van der Waals surface area contributed by atoms with Crippen molar-refractivity contribution < 1.29 is 0 Å². The van der Waals surface area contributed by atoms with E-state index in [2.05, 4.69) is 27.5 Å². The maximum Gasteiger partial charge on any atom is 0.146 e. The molecule has 0 aromatic carbocycles. The van der Waals surface area contributed by atoms with Crippen molar-refractivity contribution in [2.24, 2.45) is 13.0 Å².